The number of nitrogens with zero attached hydrogens (tertiary/aromatic N) is 1. The maximum absolute atomic E-state index is 12.1. The fourth-order valence-corrected chi connectivity index (χ4v) is 2.20. The third-order valence-electron chi connectivity index (χ3n) is 3.51. The van der Waals surface area contributed by atoms with Crippen LogP contribution in [0.3, 0.4) is 0 Å². The highest BCUT2D eigenvalue weighted by atomic mass is 35.5. The zero-order chi connectivity index (χ0) is 13.3. The molecule has 0 aliphatic carbocycles. The van der Waals surface area contributed by atoms with Crippen molar-refractivity contribution in [2.45, 2.75) is 52.6 Å². The van der Waals surface area contributed by atoms with Crippen molar-refractivity contribution in [2.75, 3.05) is 19.6 Å². The van der Waals surface area contributed by atoms with E-state index in [1.165, 1.54) is 0 Å². The van der Waals surface area contributed by atoms with Gasteiger partial charge in [0, 0.05) is 12.1 Å². The summed E-state index contributed by atoms with van der Waals surface area (Å²) in [6.07, 6.45) is 1.08. The van der Waals surface area contributed by atoms with E-state index in [0.717, 1.165) is 19.5 Å². The van der Waals surface area contributed by atoms with Gasteiger partial charge in [0.1, 0.15) is 0 Å². The van der Waals surface area contributed by atoms with Crippen LogP contribution in [-0.2, 0) is 4.79 Å². The molecule has 1 fully saturated rings. The fraction of sp³-hybridized carbons (Fsp3) is 0.923. The molecule has 1 amide bonds. The van der Waals surface area contributed by atoms with Crippen LogP contribution in [0, 0.1) is 5.41 Å². The molecule has 0 bridgehead atoms. The first-order chi connectivity index (χ1) is 7.67. The Kier molecular flexibility index (Phi) is 6.11. The summed E-state index contributed by atoms with van der Waals surface area (Å²) < 4.78 is 0. The summed E-state index contributed by atoms with van der Waals surface area (Å²) >= 11 is 0. The number of amides is 1. The first-order valence-electron chi connectivity index (χ1n) is 6.43. The van der Waals surface area contributed by atoms with Crippen molar-refractivity contribution in [2.24, 2.45) is 11.1 Å². The number of hydrogen-bond acceptors (Lipinski definition) is 3. The summed E-state index contributed by atoms with van der Waals surface area (Å²) in [5, 5.41) is 3.03. The number of likely N-dealkylation sites (tertiary alicyclic amines) is 1. The van der Waals surface area contributed by atoms with Crippen LogP contribution in [0.25, 0.3) is 0 Å². The zero-order valence-corrected chi connectivity index (χ0v) is 13.1. The molecule has 2 unspecified atom stereocenters. The van der Waals surface area contributed by atoms with Gasteiger partial charge in [-0.2, -0.15) is 0 Å². The minimum atomic E-state index is -0.164. The predicted molar refractivity (Wildman–Crippen MR) is 78.0 cm³/mol. The molecule has 18 heavy (non-hydrogen) atoms. The third-order valence-corrected chi connectivity index (χ3v) is 3.51. The van der Waals surface area contributed by atoms with E-state index in [4.69, 9.17) is 5.73 Å². The van der Waals surface area contributed by atoms with Crippen LogP contribution in [0.5, 0.6) is 0 Å². The lowest BCUT2D eigenvalue weighted by molar-refractivity contribution is -0.127. The lowest BCUT2D eigenvalue weighted by Gasteiger charge is -2.29. The lowest BCUT2D eigenvalue weighted by atomic mass is 9.90. The van der Waals surface area contributed by atoms with Crippen molar-refractivity contribution in [3.63, 3.8) is 0 Å². The van der Waals surface area contributed by atoms with Crippen LogP contribution in [0.15, 0.2) is 0 Å². The van der Waals surface area contributed by atoms with Crippen molar-refractivity contribution in [3.8, 4) is 0 Å². The summed E-state index contributed by atoms with van der Waals surface area (Å²) in [7, 11) is 0. The molecule has 0 aromatic carbocycles. The van der Waals surface area contributed by atoms with Gasteiger partial charge < -0.3 is 11.1 Å². The van der Waals surface area contributed by atoms with Gasteiger partial charge in [-0.15, -0.1) is 12.4 Å². The Morgan fingerprint density at radius 3 is 2.44 bits per heavy atom. The summed E-state index contributed by atoms with van der Waals surface area (Å²) in [4.78, 5) is 14.3. The smallest absolute Gasteiger partial charge is 0.237 e. The molecule has 1 aliphatic heterocycles. The van der Waals surface area contributed by atoms with E-state index in [1.807, 2.05) is 27.7 Å². The summed E-state index contributed by atoms with van der Waals surface area (Å²) in [5.74, 6) is 0.110. The SMILES string of the molecule is CC(C(=O)NC(C)(C)C)N1CCC(C)(CN)C1.Cl. The number of halogens is 1. The minimum Gasteiger partial charge on any atom is -0.350 e. The molecule has 1 rings (SSSR count). The second-order valence-corrected chi connectivity index (χ2v) is 6.65. The Morgan fingerprint density at radius 2 is 2.06 bits per heavy atom. The molecule has 1 aliphatic rings. The summed E-state index contributed by atoms with van der Waals surface area (Å²) in [5.41, 5.74) is 5.79. The second-order valence-electron chi connectivity index (χ2n) is 6.65. The van der Waals surface area contributed by atoms with Crippen LogP contribution in [0.4, 0.5) is 0 Å². The number of carbonyl (C=O) groups excluding carboxylic acids is 1. The van der Waals surface area contributed by atoms with Crippen LogP contribution in [-0.4, -0.2) is 42.0 Å². The van der Waals surface area contributed by atoms with Crippen LogP contribution in [0.2, 0.25) is 0 Å². The molecule has 3 N–H and O–H groups in total. The van der Waals surface area contributed by atoms with Gasteiger partial charge in [-0.3, -0.25) is 9.69 Å². The number of nitrogens with two attached hydrogens (primary N) is 1. The third kappa shape index (κ3) is 4.75. The van der Waals surface area contributed by atoms with Gasteiger partial charge in [-0.05, 0) is 52.6 Å². The quantitative estimate of drug-likeness (QED) is 0.819. The van der Waals surface area contributed by atoms with E-state index in [-0.39, 0.29) is 35.3 Å². The van der Waals surface area contributed by atoms with Crippen molar-refractivity contribution in [1.82, 2.24) is 10.2 Å². The molecule has 1 saturated heterocycles. The number of carbonyl (C=O) groups is 1. The monoisotopic (exact) mass is 277 g/mol. The Morgan fingerprint density at radius 1 is 1.50 bits per heavy atom. The lowest BCUT2D eigenvalue weighted by Crippen LogP contribution is -2.50. The molecule has 0 spiro atoms. The highest BCUT2D eigenvalue weighted by Crippen LogP contribution is 2.29. The predicted octanol–water partition coefficient (Wildman–Crippen LogP) is 1.38. The van der Waals surface area contributed by atoms with E-state index in [2.05, 4.69) is 17.1 Å². The zero-order valence-electron chi connectivity index (χ0n) is 12.2. The van der Waals surface area contributed by atoms with E-state index in [9.17, 15) is 4.79 Å². The van der Waals surface area contributed by atoms with Gasteiger partial charge in [0.15, 0.2) is 0 Å². The second kappa shape index (κ2) is 6.22. The first-order valence-corrected chi connectivity index (χ1v) is 6.43. The molecule has 0 saturated carbocycles. The number of rotatable bonds is 3. The fourth-order valence-electron chi connectivity index (χ4n) is 2.20. The van der Waals surface area contributed by atoms with Crippen molar-refractivity contribution in [1.29, 1.82) is 0 Å². The van der Waals surface area contributed by atoms with E-state index >= 15 is 0 Å². The molecule has 4 nitrogen and oxygen atoms in total. The molecule has 2 atom stereocenters. The van der Waals surface area contributed by atoms with Crippen molar-refractivity contribution in [3.05, 3.63) is 0 Å². The molecular formula is C13H28ClN3O. The molecular weight excluding hydrogens is 250 g/mol. The standard InChI is InChI=1S/C13H27N3O.ClH/c1-10(11(17)15-12(2,3)4)16-7-6-13(5,8-14)9-16;/h10H,6-9,14H2,1-5H3,(H,15,17);1H. The summed E-state index contributed by atoms with van der Waals surface area (Å²) in [6.45, 7) is 12.8. The maximum Gasteiger partial charge on any atom is 0.237 e. The van der Waals surface area contributed by atoms with E-state index < -0.39 is 0 Å². The average Bonchev–Trinajstić information content (AvgIpc) is 2.58. The number of nitrogens with one attached hydrogen (secondary N) is 1. The van der Waals surface area contributed by atoms with Gasteiger partial charge in [0.2, 0.25) is 5.91 Å². The Hall–Kier alpha value is -0.320. The van der Waals surface area contributed by atoms with Gasteiger partial charge in [-0.25, -0.2) is 0 Å². The minimum absolute atomic E-state index is 0. The normalized spacial score (nSPS) is 26.6. The highest BCUT2D eigenvalue weighted by Gasteiger charge is 2.36. The molecule has 0 radical (unpaired) electrons. The van der Waals surface area contributed by atoms with Crippen molar-refractivity contribution < 1.29 is 4.79 Å². The van der Waals surface area contributed by atoms with Crippen molar-refractivity contribution >= 4 is 18.3 Å². The topological polar surface area (TPSA) is 58.4 Å². The average molecular weight is 278 g/mol. The molecule has 0 aromatic heterocycles. The van der Waals surface area contributed by atoms with Crippen LogP contribution < -0.4 is 11.1 Å². The van der Waals surface area contributed by atoms with Gasteiger partial charge in [-0.1, -0.05) is 6.92 Å². The first kappa shape index (κ1) is 17.7. The number of hydrogen-bond donors (Lipinski definition) is 2. The largest absolute Gasteiger partial charge is 0.350 e. The molecule has 5 heteroatoms. The van der Waals surface area contributed by atoms with E-state index in [0.29, 0.717) is 6.54 Å². The Labute approximate surface area is 117 Å². The summed E-state index contributed by atoms with van der Waals surface area (Å²) in [6, 6.07) is -0.0670. The molecule has 1 heterocycles. The molecule has 0 aromatic rings. The van der Waals surface area contributed by atoms with Crippen LogP contribution >= 0.6 is 12.4 Å². The van der Waals surface area contributed by atoms with Gasteiger partial charge in [0.25, 0.3) is 0 Å². The van der Waals surface area contributed by atoms with E-state index in [1.54, 1.807) is 0 Å². The molecule has 108 valence electrons. The van der Waals surface area contributed by atoms with Crippen LogP contribution in [0.1, 0.15) is 41.0 Å². The highest BCUT2D eigenvalue weighted by molar-refractivity contribution is 5.85. The van der Waals surface area contributed by atoms with Gasteiger partial charge in [0.05, 0.1) is 6.04 Å². The van der Waals surface area contributed by atoms with Gasteiger partial charge >= 0.3 is 0 Å². The Balaban J connectivity index is 0.00000289. The Bertz CT molecular complexity index is 290. The maximum atomic E-state index is 12.1.